The zero-order valence-corrected chi connectivity index (χ0v) is 15.4. The molecule has 1 aliphatic heterocycles. The highest BCUT2D eigenvalue weighted by molar-refractivity contribution is 6.10. The highest BCUT2D eigenvalue weighted by Gasteiger charge is 2.17. The minimum Gasteiger partial charge on any atom is -0.457 e. The average molecular weight is 357 g/mol. The number of ether oxygens (including phenoxy) is 1. The van der Waals surface area contributed by atoms with Crippen LogP contribution in [0.5, 0.6) is 5.75 Å². The molecule has 0 unspecified atom stereocenters. The number of hydrogen-bond acceptors (Lipinski definition) is 3. The number of benzene rings is 2. The molecule has 1 aliphatic carbocycles. The highest BCUT2D eigenvalue weighted by atomic mass is 16.5. The van der Waals surface area contributed by atoms with E-state index in [4.69, 9.17) is 4.74 Å². The maximum absolute atomic E-state index is 12.3. The Morgan fingerprint density at radius 3 is 2.74 bits per heavy atom. The van der Waals surface area contributed by atoms with Gasteiger partial charge in [0.05, 0.1) is 0 Å². The Labute approximate surface area is 160 Å². The number of aryl methyl sites for hydroxylation is 1. The number of carbonyl (C=O) groups excluding carboxylic acids is 1. The van der Waals surface area contributed by atoms with Gasteiger partial charge in [0.15, 0.2) is 5.78 Å². The van der Waals surface area contributed by atoms with Crippen molar-refractivity contribution in [2.75, 3.05) is 6.54 Å². The van der Waals surface area contributed by atoms with E-state index in [9.17, 15) is 4.79 Å². The van der Waals surface area contributed by atoms with Crippen molar-refractivity contribution >= 4 is 23.3 Å². The Balaban J connectivity index is 1.77. The summed E-state index contributed by atoms with van der Waals surface area (Å²) in [5, 5.41) is 0. The van der Waals surface area contributed by atoms with E-state index >= 15 is 0 Å². The Hall–Kier alpha value is -2.94. The second-order valence-corrected chi connectivity index (χ2v) is 6.95. The molecule has 27 heavy (non-hydrogen) atoms. The van der Waals surface area contributed by atoms with E-state index in [1.54, 1.807) is 6.08 Å². The van der Waals surface area contributed by atoms with Crippen molar-refractivity contribution in [1.29, 1.82) is 0 Å². The molecular weight excluding hydrogens is 334 g/mol. The molecule has 3 nitrogen and oxygen atoms in total. The fourth-order valence-electron chi connectivity index (χ4n) is 3.50. The van der Waals surface area contributed by atoms with Gasteiger partial charge in [-0.25, -0.2) is 0 Å². The zero-order valence-electron chi connectivity index (χ0n) is 15.4. The average Bonchev–Trinajstić information content (AvgIpc) is 2.97. The topological polar surface area (TPSA) is 38.7 Å². The zero-order chi connectivity index (χ0) is 18.5. The first-order valence-corrected chi connectivity index (χ1v) is 9.61. The first kappa shape index (κ1) is 17.5. The van der Waals surface area contributed by atoms with Crippen LogP contribution in [0.4, 0.5) is 0 Å². The number of nitrogens with zero attached hydrogens (tertiary/aromatic N) is 1. The quantitative estimate of drug-likeness (QED) is 0.751. The summed E-state index contributed by atoms with van der Waals surface area (Å²) >= 11 is 0. The van der Waals surface area contributed by atoms with Gasteiger partial charge in [-0.1, -0.05) is 36.4 Å². The van der Waals surface area contributed by atoms with E-state index in [1.807, 2.05) is 36.5 Å². The third kappa shape index (κ3) is 4.25. The Kier molecular flexibility index (Phi) is 5.29. The molecule has 0 saturated heterocycles. The van der Waals surface area contributed by atoms with Gasteiger partial charge in [0.2, 0.25) is 0 Å². The molecule has 0 radical (unpaired) electrons. The lowest BCUT2D eigenvalue weighted by molar-refractivity contribution is -0.114. The van der Waals surface area contributed by atoms with Crippen LogP contribution in [0.3, 0.4) is 0 Å². The summed E-state index contributed by atoms with van der Waals surface area (Å²) in [5.41, 5.74) is 4.49. The van der Waals surface area contributed by atoms with Crippen LogP contribution >= 0.6 is 0 Å². The Morgan fingerprint density at radius 1 is 0.963 bits per heavy atom. The van der Waals surface area contributed by atoms with Crippen molar-refractivity contribution < 1.29 is 9.53 Å². The number of rotatable bonds is 3. The second-order valence-electron chi connectivity index (χ2n) is 6.95. The van der Waals surface area contributed by atoms with Gasteiger partial charge in [-0.15, -0.1) is 0 Å². The molecule has 0 fully saturated rings. The molecule has 0 bridgehead atoms. The minimum absolute atomic E-state index is 0.118. The Bertz CT molecular complexity index is 923. The number of ketones is 1. The standard InChI is InChI=1S/C24H23NO2/c26-21-9-6-8-18-12-13-19(20-7-4-5-14-25-17-20)15-23(18)24(16-21)27-22-10-2-1-3-11-22/h1-3,7,10-13,15-17H,4-6,8-9,14H2. The van der Waals surface area contributed by atoms with Crippen molar-refractivity contribution in [1.82, 2.24) is 0 Å². The largest absolute Gasteiger partial charge is 0.457 e. The van der Waals surface area contributed by atoms with Crippen LogP contribution in [0, 0.1) is 0 Å². The normalized spacial score (nSPS) is 17.1. The van der Waals surface area contributed by atoms with Crippen LogP contribution in [0.2, 0.25) is 0 Å². The molecule has 0 atom stereocenters. The van der Waals surface area contributed by atoms with E-state index in [0.29, 0.717) is 12.2 Å². The summed E-state index contributed by atoms with van der Waals surface area (Å²) in [4.78, 5) is 16.8. The summed E-state index contributed by atoms with van der Waals surface area (Å²) in [5.74, 6) is 1.49. The van der Waals surface area contributed by atoms with Crippen LogP contribution in [-0.2, 0) is 11.2 Å². The summed E-state index contributed by atoms with van der Waals surface area (Å²) in [6, 6.07) is 16.1. The molecule has 0 saturated carbocycles. The van der Waals surface area contributed by atoms with Crippen molar-refractivity contribution in [3.05, 3.63) is 77.4 Å². The Morgan fingerprint density at radius 2 is 1.85 bits per heavy atom. The van der Waals surface area contributed by atoms with Crippen molar-refractivity contribution in [2.24, 2.45) is 4.99 Å². The molecule has 3 heteroatoms. The number of fused-ring (bicyclic) bond motifs is 1. The minimum atomic E-state index is 0.118. The van der Waals surface area contributed by atoms with Gasteiger partial charge in [-0.3, -0.25) is 9.79 Å². The number of para-hydroxylation sites is 1. The third-order valence-corrected chi connectivity index (χ3v) is 4.93. The predicted molar refractivity (Wildman–Crippen MR) is 110 cm³/mol. The molecule has 0 amide bonds. The van der Waals surface area contributed by atoms with E-state index in [2.05, 4.69) is 29.3 Å². The van der Waals surface area contributed by atoms with Crippen molar-refractivity contribution in [2.45, 2.75) is 32.1 Å². The molecule has 2 aromatic rings. The van der Waals surface area contributed by atoms with E-state index < -0.39 is 0 Å². The summed E-state index contributed by atoms with van der Waals surface area (Å²) in [6.45, 7) is 0.877. The summed E-state index contributed by atoms with van der Waals surface area (Å²) < 4.78 is 6.14. The van der Waals surface area contributed by atoms with Gasteiger partial charge in [0, 0.05) is 30.8 Å². The molecule has 2 aliphatic rings. The highest BCUT2D eigenvalue weighted by Crippen LogP contribution is 2.30. The summed E-state index contributed by atoms with van der Waals surface area (Å²) in [7, 11) is 0. The fraction of sp³-hybridized carbons (Fsp3) is 0.250. The molecule has 1 heterocycles. The molecule has 136 valence electrons. The number of hydrogen-bond donors (Lipinski definition) is 0. The maximum atomic E-state index is 12.3. The first-order valence-electron chi connectivity index (χ1n) is 9.61. The van der Waals surface area contributed by atoms with E-state index in [0.717, 1.165) is 54.7 Å². The van der Waals surface area contributed by atoms with Crippen LogP contribution < -0.4 is 4.74 Å². The fourth-order valence-corrected chi connectivity index (χ4v) is 3.50. The second kappa shape index (κ2) is 8.17. The van der Waals surface area contributed by atoms with Crippen LogP contribution in [0.25, 0.3) is 11.3 Å². The first-order chi connectivity index (χ1) is 13.3. The van der Waals surface area contributed by atoms with Crippen LogP contribution in [0.15, 0.2) is 65.7 Å². The van der Waals surface area contributed by atoms with E-state index in [1.165, 1.54) is 5.56 Å². The lowest BCUT2D eigenvalue weighted by Gasteiger charge is -2.18. The molecule has 0 N–H and O–H groups in total. The maximum Gasteiger partial charge on any atom is 0.159 e. The van der Waals surface area contributed by atoms with Gasteiger partial charge < -0.3 is 4.74 Å². The smallest absolute Gasteiger partial charge is 0.159 e. The molecule has 4 rings (SSSR count). The summed E-state index contributed by atoms with van der Waals surface area (Å²) in [6.07, 6.45) is 10.3. The number of allylic oxidation sites excluding steroid dienone is 3. The lowest BCUT2D eigenvalue weighted by Crippen LogP contribution is -2.08. The third-order valence-electron chi connectivity index (χ3n) is 4.93. The SMILES string of the molecule is O=C1C=C(Oc2ccccc2)c2cc(C3=CCCCN=C3)ccc2CCC1. The lowest BCUT2D eigenvalue weighted by atomic mass is 9.92. The van der Waals surface area contributed by atoms with E-state index in [-0.39, 0.29) is 5.78 Å². The molecule has 0 aromatic heterocycles. The van der Waals surface area contributed by atoms with Gasteiger partial charge in [0.25, 0.3) is 0 Å². The van der Waals surface area contributed by atoms with Crippen LogP contribution in [0.1, 0.15) is 42.4 Å². The molecular formula is C24H23NO2. The van der Waals surface area contributed by atoms with Gasteiger partial charge in [-0.05, 0) is 60.6 Å². The van der Waals surface area contributed by atoms with Crippen LogP contribution in [-0.4, -0.2) is 18.5 Å². The van der Waals surface area contributed by atoms with Gasteiger partial charge in [0.1, 0.15) is 11.5 Å². The molecule has 0 spiro atoms. The number of aliphatic imine (C=N–C) groups is 1. The number of carbonyl (C=O) groups is 1. The molecule has 2 aromatic carbocycles. The monoisotopic (exact) mass is 357 g/mol. The van der Waals surface area contributed by atoms with Crippen molar-refractivity contribution in [3.63, 3.8) is 0 Å². The van der Waals surface area contributed by atoms with Crippen molar-refractivity contribution in [3.8, 4) is 5.75 Å². The van der Waals surface area contributed by atoms with Gasteiger partial charge in [-0.2, -0.15) is 0 Å². The predicted octanol–water partition coefficient (Wildman–Crippen LogP) is 5.26. The van der Waals surface area contributed by atoms with Gasteiger partial charge >= 0.3 is 0 Å².